The van der Waals surface area contributed by atoms with Crippen molar-refractivity contribution >= 4 is 0 Å². The van der Waals surface area contributed by atoms with Gasteiger partial charge in [-0.05, 0) is 62.2 Å². The fourth-order valence-corrected chi connectivity index (χ4v) is 5.27. The van der Waals surface area contributed by atoms with Gasteiger partial charge in [0.2, 0.25) is 0 Å². The van der Waals surface area contributed by atoms with Crippen LogP contribution in [0.4, 0.5) is 0 Å². The van der Waals surface area contributed by atoms with Gasteiger partial charge in [0.25, 0.3) is 0 Å². The smallest absolute Gasteiger partial charge is 0.0644 e. The van der Waals surface area contributed by atoms with Crippen LogP contribution in [-0.2, 0) is 0 Å². The van der Waals surface area contributed by atoms with E-state index < -0.39 is 5.60 Å². The molecule has 3 aliphatic rings. The molecule has 0 aromatic rings. The summed E-state index contributed by atoms with van der Waals surface area (Å²) in [5.74, 6) is 1.65. The van der Waals surface area contributed by atoms with Crippen molar-refractivity contribution in [3.63, 3.8) is 0 Å². The first-order chi connectivity index (χ1) is 7.67. The third-order valence-electron chi connectivity index (χ3n) is 6.35. The SMILES string of the molecule is CC(C)(O)[C@@H]1C[C@H]2[C@@](C)(C[C@@H]3C[C@@]32C)C[C@H]1O. The van der Waals surface area contributed by atoms with Crippen molar-refractivity contribution in [1.29, 1.82) is 0 Å². The van der Waals surface area contributed by atoms with Gasteiger partial charge in [-0.25, -0.2) is 0 Å². The predicted octanol–water partition coefficient (Wildman–Crippen LogP) is 2.58. The van der Waals surface area contributed by atoms with Crippen molar-refractivity contribution in [1.82, 2.24) is 0 Å². The van der Waals surface area contributed by atoms with Crippen molar-refractivity contribution in [2.45, 2.75) is 65.1 Å². The fraction of sp³-hybridized carbons (Fsp3) is 1.00. The molecule has 0 radical (unpaired) electrons. The van der Waals surface area contributed by atoms with Gasteiger partial charge in [-0.2, -0.15) is 0 Å². The monoisotopic (exact) mass is 238 g/mol. The molecule has 0 bridgehead atoms. The lowest BCUT2D eigenvalue weighted by Crippen LogP contribution is -2.50. The van der Waals surface area contributed by atoms with Crippen LogP contribution in [0.3, 0.4) is 0 Å². The number of fused-ring (bicyclic) bond motifs is 3. The summed E-state index contributed by atoms with van der Waals surface area (Å²) in [4.78, 5) is 0. The molecular weight excluding hydrogens is 212 g/mol. The van der Waals surface area contributed by atoms with Crippen molar-refractivity contribution in [2.24, 2.45) is 28.6 Å². The van der Waals surface area contributed by atoms with E-state index in [1.54, 1.807) is 0 Å². The second-order valence-corrected chi connectivity index (χ2v) is 8.08. The molecule has 2 nitrogen and oxygen atoms in total. The molecular formula is C15H26O2. The number of rotatable bonds is 1. The van der Waals surface area contributed by atoms with Crippen molar-refractivity contribution < 1.29 is 10.2 Å². The summed E-state index contributed by atoms with van der Waals surface area (Å²) in [5.41, 5.74) is 0.112. The molecule has 2 N–H and O–H groups in total. The number of aliphatic hydroxyl groups is 2. The summed E-state index contributed by atoms with van der Waals surface area (Å²) in [6.45, 7) is 8.49. The van der Waals surface area contributed by atoms with E-state index in [-0.39, 0.29) is 12.0 Å². The summed E-state index contributed by atoms with van der Waals surface area (Å²) < 4.78 is 0. The normalized spacial score (nSPS) is 57.5. The second-order valence-electron chi connectivity index (χ2n) is 8.08. The molecule has 6 atom stereocenters. The van der Waals surface area contributed by atoms with Crippen LogP contribution in [0.2, 0.25) is 0 Å². The van der Waals surface area contributed by atoms with E-state index >= 15 is 0 Å². The Balaban J connectivity index is 1.88. The molecule has 3 saturated carbocycles. The summed E-state index contributed by atoms with van der Waals surface area (Å²) in [6.07, 6.45) is 4.25. The summed E-state index contributed by atoms with van der Waals surface area (Å²) in [6, 6.07) is 0. The van der Waals surface area contributed by atoms with Gasteiger partial charge in [0, 0.05) is 5.92 Å². The highest BCUT2D eigenvalue weighted by Crippen LogP contribution is 2.76. The Hall–Kier alpha value is -0.0800. The van der Waals surface area contributed by atoms with Gasteiger partial charge in [-0.1, -0.05) is 13.8 Å². The highest BCUT2D eigenvalue weighted by Gasteiger charge is 2.69. The highest BCUT2D eigenvalue weighted by molar-refractivity contribution is 5.18. The molecule has 0 saturated heterocycles. The van der Waals surface area contributed by atoms with Crippen LogP contribution >= 0.6 is 0 Å². The van der Waals surface area contributed by atoms with E-state index in [4.69, 9.17) is 0 Å². The van der Waals surface area contributed by atoms with Crippen LogP contribution in [-0.4, -0.2) is 21.9 Å². The maximum Gasteiger partial charge on any atom is 0.0644 e. The first-order valence-corrected chi connectivity index (χ1v) is 7.07. The summed E-state index contributed by atoms with van der Waals surface area (Å²) in [5, 5.41) is 20.6. The Morgan fingerprint density at radius 3 is 2.35 bits per heavy atom. The Bertz CT molecular complexity index is 345. The minimum absolute atomic E-state index is 0.0525. The minimum atomic E-state index is -0.746. The molecule has 17 heavy (non-hydrogen) atoms. The van der Waals surface area contributed by atoms with Crippen molar-refractivity contribution in [3.8, 4) is 0 Å². The van der Waals surface area contributed by atoms with Crippen molar-refractivity contribution in [2.75, 3.05) is 0 Å². The van der Waals surface area contributed by atoms with Crippen LogP contribution in [0.5, 0.6) is 0 Å². The van der Waals surface area contributed by atoms with E-state index in [0.29, 0.717) is 16.7 Å². The molecule has 3 aliphatic carbocycles. The maximum absolute atomic E-state index is 10.3. The van der Waals surface area contributed by atoms with Crippen LogP contribution < -0.4 is 0 Å². The molecule has 0 aromatic heterocycles. The molecule has 0 spiro atoms. The molecule has 0 heterocycles. The third-order valence-corrected chi connectivity index (χ3v) is 6.35. The van der Waals surface area contributed by atoms with Crippen molar-refractivity contribution in [3.05, 3.63) is 0 Å². The Labute approximate surface area is 104 Å². The van der Waals surface area contributed by atoms with Gasteiger partial charge in [0.1, 0.15) is 0 Å². The first-order valence-electron chi connectivity index (χ1n) is 7.07. The predicted molar refractivity (Wildman–Crippen MR) is 67.5 cm³/mol. The van der Waals surface area contributed by atoms with E-state index in [0.717, 1.165) is 18.8 Å². The summed E-state index contributed by atoms with van der Waals surface area (Å²) >= 11 is 0. The van der Waals surface area contributed by atoms with Gasteiger partial charge in [-0.15, -0.1) is 0 Å². The number of hydrogen-bond acceptors (Lipinski definition) is 2. The van der Waals surface area contributed by atoms with E-state index in [1.807, 2.05) is 13.8 Å². The molecule has 0 unspecified atom stereocenters. The minimum Gasteiger partial charge on any atom is -0.393 e. The zero-order valence-electron chi connectivity index (χ0n) is 11.5. The van der Waals surface area contributed by atoms with Gasteiger partial charge in [0.05, 0.1) is 11.7 Å². The maximum atomic E-state index is 10.3. The lowest BCUT2D eigenvalue weighted by Gasteiger charge is -2.49. The Morgan fingerprint density at radius 1 is 1.12 bits per heavy atom. The first kappa shape index (κ1) is 12.0. The van der Waals surface area contributed by atoms with Crippen LogP contribution in [0.25, 0.3) is 0 Å². The van der Waals surface area contributed by atoms with Gasteiger partial charge < -0.3 is 10.2 Å². The highest BCUT2D eigenvalue weighted by atomic mass is 16.3. The molecule has 98 valence electrons. The summed E-state index contributed by atoms with van der Waals surface area (Å²) in [7, 11) is 0. The zero-order valence-corrected chi connectivity index (χ0v) is 11.5. The van der Waals surface area contributed by atoms with Crippen LogP contribution in [0.1, 0.15) is 53.4 Å². The Morgan fingerprint density at radius 2 is 1.76 bits per heavy atom. The largest absolute Gasteiger partial charge is 0.393 e. The van der Waals surface area contributed by atoms with Crippen LogP contribution in [0, 0.1) is 28.6 Å². The fourth-order valence-electron chi connectivity index (χ4n) is 5.27. The molecule has 3 fully saturated rings. The standard InChI is InChI=1S/C15H26O2/c1-13(2,17)10-5-12-14(3,8-11(10)16)6-9-7-15(9,12)4/h9-12,16-17H,5-8H2,1-4H3/t9-,10-,11-,12+,14+,15+/m1/s1. The molecule has 2 heteroatoms. The number of aliphatic hydroxyl groups excluding tert-OH is 1. The second kappa shape index (κ2) is 3.08. The lowest BCUT2D eigenvalue weighted by atomic mass is 9.58. The topological polar surface area (TPSA) is 40.5 Å². The number of hydrogen-bond donors (Lipinski definition) is 2. The Kier molecular flexibility index (Phi) is 2.17. The molecule has 0 aliphatic heterocycles. The van der Waals surface area contributed by atoms with E-state index in [2.05, 4.69) is 13.8 Å². The van der Waals surface area contributed by atoms with Gasteiger partial charge >= 0.3 is 0 Å². The lowest BCUT2D eigenvalue weighted by molar-refractivity contribution is -0.115. The van der Waals surface area contributed by atoms with Crippen LogP contribution in [0.15, 0.2) is 0 Å². The van der Waals surface area contributed by atoms with Gasteiger partial charge in [0.15, 0.2) is 0 Å². The van der Waals surface area contributed by atoms with E-state index in [1.165, 1.54) is 12.8 Å². The quantitative estimate of drug-likeness (QED) is 0.737. The average molecular weight is 238 g/mol. The molecule has 3 rings (SSSR count). The third kappa shape index (κ3) is 1.53. The van der Waals surface area contributed by atoms with Gasteiger partial charge in [-0.3, -0.25) is 0 Å². The average Bonchev–Trinajstić information content (AvgIpc) is 2.67. The molecule has 0 amide bonds. The van der Waals surface area contributed by atoms with E-state index in [9.17, 15) is 10.2 Å². The zero-order chi connectivity index (χ0) is 12.6. The molecule has 0 aromatic carbocycles.